The van der Waals surface area contributed by atoms with Crippen LogP contribution in [-0.2, 0) is 0 Å². The molecule has 0 amide bonds. The maximum absolute atomic E-state index is 12.6. The van der Waals surface area contributed by atoms with Crippen LogP contribution in [0.25, 0.3) is 39.6 Å². The molecule has 0 fully saturated rings. The van der Waals surface area contributed by atoms with Gasteiger partial charge in [-0.1, -0.05) is 70.8 Å². The standard InChI is InChI=1S/C26H15Cl2NO3/c27-18-8-9-21(28)19(15-18)24-12-13-25(31-24)23(30)11-7-16-6-10-22-20(14-16)26(32-29-22)17-4-2-1-3-5-17/h1-15H/b11-7+. The molecule has 0 aliphatic heterocycles. The predicted octanol–water partition coefficient (Wildman–Crippen LogP) is 7.96. The summed E-state index contributed by atoms with van der Waals surface area (Å²) in [7, 11) is 0. The van der Waals surface area contributed by atoms with Crippen molar-refractivity contribution in [2.75, 3.05) is 0 Å². The number of halogens is 2. The highest BCUT2D eigenvalue weighted by atomic mass is 35.5. The highest BCUT2D eigenvalue weighted by molar-refractivity contribution is 6.35. The van der Waals surface area contributed by atoms with Gasteiger partial charge < -0.3 is 8.94 Å². The van der Waals surface area contributed by atoms with Crippen molar-refractivity contribution in [3.8, 4) is 22.6 Å². The Labute approximate surface area is 193 Å². The van der Waals surface area contributed by atoms with Crippen LogP contribution in [0.2, 0.25) is 10.0 Å². The van der Waals surface area contributed by atoms with Crippen LogP contribution < -0.4 is 0 Å². The van der Waals surface area contributed by atoms with Crippen LogP contribution in [0.3, 0.4) is 0 Å². The monoisotopic (exact) mass is 459 g/mol. The van der Waals surface area contributed by atoms with Crippen molar-refractivity contribution < 1.29 is 13.7 Å². The third kappa shape index (κ3) is 3.98. The molecule has 2 heterocycles. The zero-order chi connectivity index (χ0) is 22.1. The van der Waals surface area contributed by atoms with E-state index >= 15 is 0 Å². The Morgan fingerprint density at radius 2 is 1.75 bits per heavy atom. The molecule has 2 aromatic heterocycles. The van der Waals surface area contributed by atoms with Crippen LogP contribution in [-0.4, -0.2) is 10.9 Å². The van der Waals surface area contributed by atoms with E-state index in [1.54, 1.807) is 36.4 Å². The summed E-state index contributed by atoms with van der Waals surface area (Å²) >= 11 is 12.3. The summed E-state index contributed by atoms with van der Waals surface area (Å²) in [5, 5.41) is 6.03. The fourth-order valence-corrected chi connectivity index (χ4v) is 3.80. The molecule has 32 heavy (non-hydrogen) atoms. The number of hydrogen-bond donors (Lipinski definition) is 0. The number of aromatic nitrogens is 1. The molecular formula is C26H15Cl2NO3. The van der Waals surface area contributed by atoms with Gasteiger partial charge in [-0.2, -0.15) is 0 Å². The molecule has 5 aromatic rings. The first-order valence-corrected chi connectivity index (χ1v) is 10.6. The third-order valence-electron chi connectivity index (χ3n) is 5.01. The molecule has 0 N–H and O–H groups in total. The summed E-state index contributed by atoms with van der Waals surface area (Å²) in [6.07, 6.45) is 3.21. The Bertz CT molecular complexity index is 1470. The number of nitrogens with zero attached hydrogens (tertiary/aromatic N) is 1. The van der Waals surface area contributed by atoms with Crippen LogP contribution in [0.5, 0.6) is 0 Å². The lowest BCUT2D eigenvalue weighted by Gasteiger charge is -2.01. The highest BCUT2D eigenvalue weighted by Crippen LogP contribution is 2.32. The number of hydrogen-bond acceptors (Lipinski definition) is 4. The van der Waals surface area contributed by atoms with Crippen molar-refractivity contribution in [2.24, 2.45) is 0 Å². The molecule has 0 aliphatic carbocycles. The van der Waals surface area contributed by atoms with Crippen molar-refractivity contribution in [3.05, 3.63) is 106 Å². The average molecular weight is 460 g/mol. The first kappa shape index (κ1) is 20.3. The highest BCUT2D eigenvalue weighted by Gasteiger charge is 2.14. The molecule has 6 heteroatoms. The number of carbonyl (C=O) groups is 1. The second kappa shape index (κ2) is 8.50. The summed E-state index contributed by atoms with van der Waals surface area (Å²) in [6, 6.07) is 23.9. The fourth-order valence-electron chi connectivity index (χ4n) is 3.42. The van der Waals surface area contributed by atoms with Gasteiger partial charge in [0.2, 0.25) is 5.78 Å². The molecule has 0 aliphatic rings. The number of furan rings is 1. The van der Waals surface area contributed by atoms with E-state index in [9.17, 15) is 4.79 Å². The Morgan fingerprint density at radius 1 is 0.906 bits per heavy atom. The minimum Gasteiger partial charge on any atom is -0.453 e. The average Bonchev–Trinajstić information content (AvgIpc) is 3.47. The first-order valence-electron chi connectivity index (χ1n) is 9.81. The van der Waals surface area contributed by atoms with Gasteiger partial charge in [-0.05, 0) is 54.1 Å². The van der Waals surface area contributed by atoms with Crippen molar-refractivity contribution >= 4 is 46.0 Å². The maximum Gasteiger partial charge on any atom is 0.221 e. The molecule has 156 valence electrons. The van der Waals surface area contributed by atoms with E-state index in [0.717, 1.165) is 22.0 Å². The van der Waals surface area contributed by atoms with E-state index in [-0.39, 0.29) is 11.5 Å². The molecule has 0 atom stereocenters. The fraction of sp³-hybridized carbons (Fsp3) is 0. The Morgan fingerprint density at radius 3 is 2.59 bits per heavy atom. The van der Waals surface area contributed by atoms with Gasteiger partial charge in [0.15, 0.2) is 11.5 Å². The number of carbonyl (C=O) groups excluding carboxylic acids is 1. The SMILES string of the molecule is O=C(/C=C/c1ccc2noc(-c3ccccc3)c2c1)c1ccc(-c2cc(Cl)ccc2Cl)o1. The van der Waals surface area contributed by atoms with Crippen LogP contribution in [0.15, 0.2) is 93.9 Å². The molecule has 3 aromatic carbocycles. The van der Waals surface area contributed by atoms with E-state index in [0.29, 0.717) is 27.1 Å². The summed E-state index contributed by atoms with van der Waals surface area (Å²) < 4.78 is 11.3. The van der Waals surface area contributed by atoms with Gasteiger partial charge in [0, 0.05) is 16.1 Å². The van der Waals surface area contributed by atoms with Gasteiger partial charge in [0.05, 0.1) is 10.4 Å². The predicted molar refractivity (Wildman–Crippen MR) is 127 cm³/mol. The lowest BCUT2D eigenvalue weighted by Crippen LogP contribution is -1.90. The van der Waals surface area contributed by atoms with Gasteiger partial charge in [-0.25, -0.2) is 0 Å². The largest absolute Gasteiger partial charge is 0.453 e. The van der Waals surface area contributed by atoms with Crippen molar-refractivity contribution in [3.63, 3.8) is 0 Å². The van der Waals surface area contributed by atoms with Gasteiger partial charge in [0.1, 0.15) is 11.3 Å². The molecule has 0 spiro atoms. The van der Waals surface area contributed by atoms with Gasteiger partial charge >= 0.3 is 0 Å². The lowest BCUT2D eigenvalue weighted by atomic mass is 10.1. The van der Waals surface area contributed by atoms with Crippen molar-refractivity contribution in [1.82, 2.24) is 5.16 Å². The summed E-state index contributed by atoms with van der Waals surface area (Å²) in [5.41, 5.74) is 3.17. The second-order valence-electron chi connectivity index (χ2n) is 7.14. The Hall–Kier alpha value is -3.60. The van der Waals surface area contributed by atoms with Gasteiger partial charge in [-0.3, -0.25) is 4.79 Å². The van der Waals surface area contributed by atoms with Crippen LogP contribution in [0.1, 0.15) is 16.1 Å². The van der Waals surface area contributed by atoms with E-state index in [2.05, 4.69) is 5.16 Å². The van der Waals surface area contributed by atoms with E-state index in [1.807, 2.05) is 48.5 Å². The topological polar surface area (TPSA) is 56.2 Å². The number of rotatable bonds is 5. The molecule has 0 saturated heterocycles. The van der Waals surface area contributed by atoms with Crippen molar-refractivity contribution in [1.29, 1.82) is 0 Å². The summed E-state index contributed by atoms with van der Waals surface area (Å²) in [6.45, 7) is 0. The van der Waals surface area contributed by atoms with Crippen LogP contribution >= 0.6 is 23.2 Å². The second-order valence-corrected chi connectivity index (χ2v) is 7.98. The quantitative estimate of drug-likeness (QED) is 0.197. The van der Waals surface area contributed by atoms with Crippen LogP contribution in [0, 0.1) is 0 Å². The third-order valence-corrected chi connectivity index (χ3v) is 5.57. The minimum absolute atomic E-state index is 0.211. The lowest BCUT2D eigenvalue weighted by molar-refractivity contribution is 0.102. The normalized spacial score (nSPS) is 11.4. The van der Waals surface area contributed by atoms with Crippen molar-refractivity contribution in [2.45, 2.75) is 0 Å². The number of benzene rings is 3. The number of ketones is 1. The molecule has 0 saturated carbocycles. The van der Waals surface area contributed by atoms with E-state index in [1.165, 1.54) is 6.08 Å². The van der Waals surface area contributed by atoms with E-state index in [4.69, 9.17) is 32.1 Å². The summed E-state index contributed by atoms with van der Waals surface area (Å²) in [5.74, 6) is 1.12. The molecule has 0 unspecified atom stereocenters. The Kier molecular flexibility index (Phi) is 5.39. The zero-order valence-corrected chi connectivity index (χ0v) is 18.1. The first-order chi connectivity index (χ1) is 15.6. The molecule has 0 radical (unpaired) electrons. The smallest absolute Gasteiger partial charge is 0.221 e. The Balaban J connectivity index is 1.40. The zero-order valence-electron chi connectivity index (χ0n) is 16.6. The van der Waals surface area contributed by atoms with Gasteiger partial charge in [0.25, 0.3) is 0 Å². The molecule has 5 rings (SSSR count). The van der Waals surface area contributed by atoms with Crippen LogP contribution in [0.4, 0.5) is 0 Å². The summed E-state index contributed by atoms with van der Waals surface area (Å²) in [4.78, 5) is 12.6. The maximum atomic E-state index is 12.6. The molecule has 0 bridgehead atoms. The number of fused-ring (bicyclic) bond motifs is 1. The molecule has 4 nitrogen and oxygen atoms in total. The van der Waals surface area contributed by atoms with Gasteiger partial charge in [-0.15, -0.1) is 0 Å². The minimum atomic E-state index is -0.261. The molecular weight excluding hydrogens is 445 g/mol. The van der Waals surface area contributed by atoms with E-state index < -0.39 is 0 Å². The number of allylic oxidation sites excluding steroid dienone is 1.